The number of hydrogen-bond acceptors (Lipinski definition) is 2. The lowest BCUT2D eigenvalue weighted by atomic mass is 9.86. The summed E-state index contributed by atoms with van der Waals surface area (Å²) < 4.78 is 0. The van der Waals surface area contributed by atoms with Crippen molar-refractivity contribution in [2.75, 3.05) is 26.2 Å². The highest BCUT2D eigenvalue weighted by Gasteiger charge is 2.13. The number of nitrogens with one attached hydrogen (secondary N) is 1. The number of aryl methyl sites for hydroxylation is 1. The van der Waals surface area contributed by atoms with Gasteiger partial charge in [0.15, 0.2) is 0 Å². The van der Waals surface area contributed by atoms with Crippen LogP contribution in [0.3, 0.4) is 0 Å². The third-order valence-corrected chi connectivity index (χ3v) is 5.13. The minimum absolute atomic E-state index is 0.177. The molecule has 1 fully saturated rings. The monoisotopic (exact) mass is 344 g/mol. The summed E-state index contributed by atoms with van der Waals surface area (Å²) in [6.45, 7) is 11.1. The fraction of sp³-hybridized carbons (Fsp3) is 0.682. The molecule has 1 amide bonds. The van der Waals surface area contributed by atoms with Crippen LogP contribution in [0.5, 0.6) is 0 Å². The van der Waals surface area contributed by atoms with Crippen LogP contribution >= 0.6 is 0 Å². The van der Waals surface area contributed by atoms with E-state index in [1.165, 1.54) is 49.9 Å². The maximum Gasteiger partial charge on any atom is 0.220 e. The summed E-state index contributed by atoms with van der Waals surface area (Å²) in [5, 5.41) is 3.08. The molecule has 0 aliphatic carbocycles. The number of nitrogens with zero attached hydrogens (tertiary/aromatic N) is 1. The summed E-state index contributed by atoms with van der Waals surface area (Å²) in [5.74, 6) is 0.177. The molecule has 1 heterocycles. The number of carbonyl (C=O) groups is 1. The van der Waals surface area contributed by atoms with Crippen LogP contribution < -0.4 is 5.32 Å². The molecule has 1 N–H and O–H groups in total. The quantitative estimate of drug-likeness (QED) is 0.748. The van der Waals surface area contributed by atoms with Gasteiger partial charge in [-0.25, -0.2) is 0 Å². The lowest BCUT2D eigenvalue weighted by molar-refractivity contribution is -0.121. The molecule has 0 atom stereocenters. The number of hydrogen-bond donors (Lipinski definition) is 1. The number of benzene rings is 1. The maximum absolute atomic E-state index is 12.0. The normalized spacial score (nSPS) is 16.4. The summed E-state index contributed by atoms with van der Waals surface area (Å²) in [6.07, 6.45) is 7.89. The van der Waals surface area contributed by atoms with Crippen molar-refractivity contribution < 1.29 is 4.79 Å². The minimum atomic E-state index is 0.177. The van der Waals surface area contributed by atoms with Crippen LogP contribution in [-0.4, -0.2) is 37.0 Å². The molecule has 0 spiro atoms. The molecule has 0 unspecified atom stereocenters. The van der Waals surface area contributed by atoms with Gasteiger partial charge in [0.25, 0.3) is 0 Å². The minimum Gasteiger partial charge on any atom is -0.356 e. The van der Waals surface area contributed by atoms with Crippen LogP contribution in [0.1, 0.15) is 70.4 Å². The summed E-state index contributed by atoms with van der Waals surface area (Å²) in [4.78, 5) is 14.6. The van der Waals surface area contributed by atoms with Gasteiger partial charge in [-0.1, -0.05) is 57.9 Å². The van der Waals surface area contributed by atoms with Crippen LogP contribution in [0.25, 0.3) is 0 Å². The van der Waals surface area contributed by atoms with E-state index in [0.717, 1.165) is 25.9 Å². The summed E-state index contributed by atoms with van der Waals surface area (Å²) in [6, 6.07) is 8.70. The molecule has 1 aliphatic heterocycles. The molecule has 0 saturated carbocycles. The van der Waals surface area contributed by atoms with Crippen molar-refractivity contribution >= 4 is 5.91 Å². The smallest absolute Gasteiger partial charge is 0.220 e. The highest BCUT2D eigenvalue weighted by Crippen LogP contribution is 2.22. The van der Waals surface area contributed by atoms with Crippen molar-refractivity contribution in [2.24, 2.45) is 0 Å². The Bertz CT molecular complexity index is 508. The Morgan fingerprint density at radius 1 is 1.04 bits per heavy atom. The fourth-order valence-electron chi connectivity index (χ4n) is 3.41. The van der Waals surface area contributed by atoms with Crippen LogP contribution in [0.4, 0.5) is 0 Å². The number of likely N-dealkylation sites (tertiary alicyclic amines) is 1. The van der Waals surface area contributed by atoms with Crippen molar-refractivity contribution in [3.05, 3.63) is 35.4 Å². The van der Waals surface area contributed by atoms with Crippen LogP contribution in [0.15, 0.2) is 24.3 Å². The topological polar surface area (TPSA) is 32.3 Å². The van der Waals surface area contributed by atoms with Gasteiger partial charge in [0.2, 0.25) is 5.91 Å². The first kappa shape index (κ1) is 20.0. The molecule has 140 valence electrons. The second kappa shape index (κ2) is 9.96. The molecular weight excluding hydrogens is 308 g/mol. The second-order valence-electron chi connectivity index (χ2n) is 8.41. The van der Waals surface area contributed by atoms with E-state index in [2.05, 4.69) is 55.3 Å². The Morgan fingerprint density at radius 2 is 1.68 bits per heavy atom. The van der Waals surface area contributed by atoms with Gasteiger partial charge < -0.3 is 10.2 Å². The molecule has 3 nitrogen and oxygen atoms in total. The SMILES string of the molecule is CC(C)(C)c1ccc(CCC(=O)NCCCN2CCCCCC2)cc1. The van der Waals surface area contributed by atoms with E-state index in [1.54, 1.807) is 0 Å². The molecule has 1 aliphatic rings. The maximum atomic E-state index is 12.0. The Hall–Kier alpha value is -1.35. The van der Waals surface area contributed by atoms with Crippen molar-refractivity contribution in [2.45, 2.75) is 71.1 Å². The Balaban J connectivity index is 1.60. The van der Waals surface area contributed by atoms with Gasteiger partial charge in [-0.05, 0) is 61.9 Å². The van der Waals surface area contributed by atoms with Gasteiger partial charge in [-0.15, -0.1) is 0 Å². The van der Waals surface area contributed by atoms with E-state index in [-0.39, 0.29) is 11.3 Å². The van der Waals surface area contributed by atoms with Gasteiger partial charge in [-0.2, -0.15) is 0 Å². The lowest BCUT2D eigenvalue weighted by Gasteiger charge is -2.19. The van der Waals surface area contributed by atoms with E-state index in [9.17, 15) is 4.79 Å². The average molecular weight is 345 g/mol. The number of carbonyl (C=O) groups excluding carboxylic acids is 1. The zero-order valence-corrected chi connectivity index (χ0v) is 16.4. The first-order valence-corrected chi connectivity index (χ1v) is 10.0. The molecule has 2 rings (SSSR count). The van der Waals surface area contributed by atoms with E-state index in [4.69, 9.17) is 0 Å². The zero-order chi connectivity index (χ0) is 18.1. The van der Waals surface area contributed by atoms with Crippen molar-refractivity contribution in [3.63, 3.8) is 0 Å². The predicted molar refractivity (Wildman–Crippen MR) is 106 cm³/mol. The standard InChI is InChI=1S/C22H36N2O/c1-22(2,3)20-12-9-19(10-13-20)11-14-21(25)23-15-8-18-24-16-6-4-5-7-17-24/h9-10,12-13H,4-8,11,14-18H2,1-3H3,(H,23,25). The molecule has 0 aromatic heterocycles. The molecule has 25 heavy (non-hydrogen) atoms. The Kier molecular flexibility index (Phi) is 7.95. The van der Waals surface area contributed by atoms with Crippen molar-refractivity contribution in [1.29, 1.82) is 0 Å². The number of amides is 1. The average Bonchev–Trinajstić information content (AvgIpc) is 2.85. The van der Waals surface area contributed by atoms with Gasteiger partial charge in [0.05, 0.1) is 0 Å². The molecule has 0 radical (unpaired) electrons. The van der Waals surface area contributed by atoms with Gasteiger partial charge in [-0.3, -0.25) is 4.79 Å². The van der Waals surface area contributed by atoms with E-state index >= 15 is 0 Å². The zero-order valence-electron chi connectivity index (χ0n) is 16.4. The second-order valence-corrected chi connectivity index (χ2v) is 8.41. The van der Waals surface area contributed by atoms with E-state index < -0.39 is 0 Å². The van der Waals surface area contributed by atoms with Crippen LogP contribution in [0, 0.1) is 0 Å². The first-order chi connectivity index (χ1) is 11.9. The summed E-state index contributed by atoms with van der Waals surface area (Å²) in [7, 11) is 0. The van der Waals surface area contributed by atoms with Gasteiger partial charge in [0, 0.05) is 13.0 Å². The highest BCUT2D eigenvalue weighted by molar-refractivity contribution is 5.76. The third-order valence-electron chi connectivity index (χ3n) is 5.13. The summed E-state index contributed by atoms with van der Waals surface area (Å²) in [5.41, 5.74) is 2.77. The van der Waals surface area contributed by atoms with E-state index in [1.807, 2.05) is 0 Å². The molecule has 1 aromatic rings. The van der Waals surface area contributed by atoms with Gasteiger partial charge in [0.1, 0.15) is 0 Å². The van der Waals surface area contributed by atoms with Crippen molar-refractivity contribution in [3.8, 4) is 0 Å². The molecule has 0 bridgehead atoms. The highest BCUT2D eigenvalue weighted by atomic mass is 16.1. The largest absolute Gasteiger partial charge is 0.356 e. The Morgan fingerprint density at radius 3 is 2.28 bits per heavy atom. The molecule has 1 aromatic carbocycles. The van der Waals surface area contributed by atoms with Crippen LogP contribution in [-0.2, 0) is 16.6 Å². The molecule has 3 heteroatoms. The van der Waals surface area contributed by atoms with E-state index in [0.29, 0.717) is 6.42 Å². The van der Waals surface area contributed by atoms with Gasteiger partial charge >= 0.3 is 0 Å². The fourth-order valence-corrected chi connectivity index (χ4v) is 3.41. The Labute approximate surface area is 154 Å². The number of rotatable bonds is 7. The predicted octanol–water partition coefficient (Wildman–Crippen LogP) is 4.30. The van der Waals surface area contributed by atoms with Crippen molar-refractivity contribution in [1.82, 2.24) is 10.2 Å². The summed E-state index contributed by atoms with van der Waals surface area (Å²) >= 11 is 0. The molecular formula is C22H36N2O. The third kappa shape index (κ3) is 7.60. The first-order valence-electron chi connectivity index (χ1n) is 10.0. The molecule has 1 saturated heterocycles. The lowest BCUT2D eigenvalue weighted by Crippen LogP contribution is -2.30. The van der Waals surface area contributed by atoms with Crippen LogP contribution in [0.2, 0.25) is 0 Å².